The molecule has 3 heteroatoms. The van der Waals surface area contributed by atoms with Gasteiger partial charge in [0.05, 0.1) is 6.61 Å². The van der Waals surface area contributed by atoms with Crippen LogP contribution in [0.2, 0.25) is 0 Å². The summed E-state index contributed by atoms with van der Waals surface area (Å²) >= 11 is 0. The summed E-state index contributed by atoms with van der Waals surface area (Å²) in [6.45, 7) is 3.27. The second-order valence-corrected chi connectivity index (χ2v) is 5.46. The van der Waals surface area contributed by atoms with Gasteiger partial charge < -0.3 is 10.0 Å². The molecular weight excluding hydrogens is 212 g/mol. The molecule has 2 aliphatic rings. The molecule has 92 valence electrons. The summed E-state index contributed by atoms with van der Waals surface area (Å²) in [6.07, 6.45) is 5.36. The number of aliphatic hydroxyl groups excluding tert-OH is 1. The summed E-state index contributed by atoms with van der Waals surface area (Å²) in [7, 11) is 0. The Morgan fingerprint density at radius 2 is 2.06 bits per heavy atom. The highest BCUT2D eigenvalue weighted by molar-refractivity contribution is 5.45. The van der Waals surface area contributed by atoms with Gasteiger partial charge >= 0.3 is 0 Å². The van der Waals surface area contributed by atoms with Gasteiger partial charge in [-0.1, -0.05) is 0 Å². The zero-order chi connectivity index (χ0) is 11.8. The van der Waals surface area contributed by atoms with E-state index >= 15 is 0 Å². The highest BCUT2D eigenvalue weighted by Crippen LogP contribution is 2.37. The van der Waals surface area contributed by atoms with Gasteiger partial charge in [-0.15, -0.1) is 0 Å². The molecule has 0 atom stereocenters. The van der Waals surface area contributed by atoms with E-state index in [1.165, 1.54) is 25.7 Å². The number of aromatic nitrogens is 1. The molecule has 2 fully saturated rings. The maximum absolute atomic E-state index is 9.27. The van der Waals surface area contributed by atoms with Gasteiger partial charge in [-0.25, -0.2) is 4.98 Å². The van der Waals surface area contributed by atoms with Crippen molar-refractivity contribution in [3.05, 3.63) is 23.4 Å². The van der Waals surface area contributed by atoms with Crippen LogP contribution in [0.3, 0.4) is 0 Å². The van der Waals surface area contributed by atoms with Crippen molar-refractivity contribution >= 4 is 5.82 Å². The van der Waals surface area contributed by atoms with Gasteiger partial charge in [0.1, 0.15) is 5.82 Å². The van der Waals surface area contributed by atoms with E-state index < -0.39 is 0 Å². The number of hydrogen-bond acceptors (Lipinski definition) is 3. The Morgan fingerprint density at radius 3 is 2.65 bits per heavy atom. The number of rotatable bonds is 5. The van der Waals surface area contributed by atoms with E-state index in [4.69, 9.17) is 0 Å². The lowest BCUT2D eigenvalue weighted by atomic mass is 10.2. The van der Waals surface area contributed by atoms with E-state index in [2.05, 4.69) is 9.88 Å². The maximum atomic E-state index is 9.27. The zero-order valence-electron chi connectivity index (χ0n) is 10.4. The molecule has 1 aromatic rings. The Labute approximate surface area is 102 Å². The van der Waals surface area contributed by atoms with Gasteiger partial charge in [-0.05, 0) is 56.2 Å². The first-order valence-corrected chi connectivity index (χ1v) is 6.61. The highest BCUT2D eigenvalue weighted by Gasteiger charge is 2.34. The fourth-order valence-electron chi connectivity index (χ4n) is 2.35. The van der Waals surface area contributed by atoms with E-state index in [0.717, 1.165) is 29.5 Å². The monoisotopic (exact) mass is 232 g/mol. The van der Waals surface area contributed by atoms with Crippen LogP contribution in [0.25, 0.3) is 0 Å². The Balaban J connectivity index is 1.85. The number of pyridine rings is 1. The molecule has 1 heterocycles. The second-order valence-electron chi connectivity index (χ2n) is 5.46. The largest absolute Gasteiger partial charge is 0.392 e. The van der Waals surface area contributed by atoms with Crippen LogP contribution in [-0.2, 0) is 6.61 Å². The minimum absolute atomic E-state index is 0.109. The molecular formula is C14H20N2O. The lowest BCUT2D eigenvalue weighted by molar-refractivity contribution is 0.281. The van der Waals surface area contributed by atoms with E-state index in [1.807, 2.05) is 19.1 Å². The standard InChI is InChI=1S/C14H20N2O/c1-10-6-12(9-17)7-14(15-10)16(13-4-5-13)8-11-2-3-11/h6-7,11,13,17H,2-5,8-9H2,1H3. The summed E-state index contributed by atoms with van der Waals surface area (Å²) in [4.78, 5) is 7.10. The lowest BCUT2D eigenvalue weighted by Crippen LogP contribution is -2.29. The van der Waals surface area contributed by atoms with E-state index in [1.54, 1.807) is 0 Å². The van der Waals surface area contributed by atoms with Crippen molar-refractivity contribution in [2.75, 3.05) is 11.4 Å². The summed E-state index contributed by atoms with van der Waals surface area (Å²) in [5.74, 6) is 1.96. The third-order valence-corrected chi connectivity index (χ3v) is 3.62. The number of nitrogens with zero attached hydrogens (tertiary/aromatic N) is 2. The predicted octanol–water partition coefficient (Wildman–Crippen LogP) is 2.26. The number of anilines is 1. The second kappa shape index (κ2) is 4.30. The molecule has 0 aliphatic heterocycles. The molecule has 3 nitrogen and oxygen atoms in total. The van der Waals surface area contributed by atoms with Crippen molar-refractivity contribution in [3.63, 3.8) is 0 Å². The first kappa shape index (κ1) is 11.0. The van der Waals surface area contributed by atoms with Crippen molar-refractivity contribution < 1.29 is 5.11 Å². The van der Waals surface area contributed by atoms with Crippen molar-refractivity contribution in [2.24, 2.45) is 5.92 Å². The molecule has 0 saturated heterocycles. The van der Waals surface area contributed by atoms with Crippen LogP contribution in [0.4, 0.5) is 5.82 Å². The molecule has 3 rings (SSSR count). The van der Waals surface area contributed by atoms with Crippen molar-refractivity contribution in [1.29, 1.82) is 0 Å². The first-order chi connectivity index (χ1) is 8.26. The summed E-state index contributed by atoms with van der Waals surface area (Å²) in [6, 6.07) is 4.72. The molecule has 0 bridgehead atoms. The smallest absolute Gasteiger partial charge is 0.129 e. The van der Waals surface area contributed by atoms with E-state index in [9.17, 15) is 5.11 Å². The topological polar surface area (TPSA) is 36.4 Å². The third kappa shape index (κ3) is 2.60. The molecule has 17 heavy (non-hydrogen) atoms. The number of aryl methyl sites for hydroxylation is 1. The number of hydrogen-bond donors (Lipinski definition) is 1. The maximum Gasteiger partial charge on any atom is 0.129 e. The van der Waals surface area contributed by atoms with Crippen LogP contribution >= 0.6 is 0 Å². The molecule has 0 aromatic carbocycles. The van der Waals surface area contributed by atoms with Gasteiger partial charge in [-0.2, -0.15) is 0 Å². The van der Waals surface area contributed by atoms with E-state index in [0.29, 0.717) is 6.04 Å². The van der Waals surface area contributed by atoms with Crippen molar-refractivity contribution in [2.45, 2.75) is 45.3 Å². The fourth-order valence-corrected chi connectivity index (χ4v) is 2.35. The molecule has 2 aliphatic carbocycles. The zero-order valence-corrected chi connectivity index (χ0v) is 10.4. The van der Waals surface area contributed by atoms with Crippen molar-refractivity contribution in [1.82, 2.24) is 4.98 Å². The lowest BCUT2D eigenvalue weighted by Gasteiger charge is -2.24. The SMILES string of the molecule is Cc1cc(CO)cc(N(CC2CC2)C2CC2)n1. The number of aliphatic hydroxyl groups is 1. The molecule has 1 aromatic heterocycles. The molecule has 0 unspecified atom stereocenters. The minimum atomic E-state index is 0.109. The normalized spacial score (nSPS) is 19.4. The van der Waals surface area contributed by atoms with Gasteiger partial charge in [0.2, 0.25) is 0 Å². The van der Waals surface area contributed by atoms with Crippen LogP contribution in [0.1, 0.15) is 36.9 Å². The predicted molar refractivity (Wildman–Crippen MR) is 68.0 cm³/mol. The van der Waals surface area contributed by atoms with Crippen molar-refractivity contribution in [3.8, 4) is 0 Å². The van der Waals surface area contributed by atoms with Crippen LogP contribution < -0.4 is 4.90 Å². The van der Waals surface area contributed by atoms with Gasteiger partial charge in [-0.3, -0.25) is 0 Å². The minimum Gasteiger partial charge on any atom is -0.392 e. The Morgan fingerprint density at radius 1 is 1.29 bits per heavy atom. The van der Waals surface area contributed by atoms with Crippen LogP contribution in [-0.4, -0.2) is 22.7 Å². The molecule has 0 radical (unpaired) electrons. The van der Waals surface area contributed by atoms with Gasteiger partial charge in [0.25, 0.3) is 0 Å². The molecule has 0 amide bonds. The summed E-state index contributed by atoms with van der Waals surface area (Å²) in [5, 5.41) is 9.27. The third-order valence-electron chi connectivity index (χ3n) is 3.62. The Hall–Kier alpha value is -1.09. The summed E-state index contributed by atoms with van der Waals surface area (Å²) < 4.78 is 0. The Kier molecular flexibility index (Phi) is 2.79. The average Bonchev–Trinajstić information content (AvgIpc) is 3.16. The summed E-state index contributed by atoms with van der Waals surface area (Å²) in [5.41, 5.74) is 1.99. The quantitative estimate of drug-likeness (QED) is 0.846. The van der Waals surface area contributed by atoms with Crippen LogP contribution in [0.15, 0.2) is 12.1 Å². The van der Waals surface area contributed by atoms with Crippen LogP contribution in [0.5, 0.6) is 0 Å². The Bertz CT molecular complexity index is 411. The van der Waals surface area contributed by atoms with Gasteiger partial charge in [0.15, 0.2) is 0 Å². The molecule has 1 N–H and O–H groups in total. The fraction of sp³-hybridized carbons (Fsp3) is 0.643. The van der Waals surface area contributed by atoms with E-state index in [-0.39, 0.29) is 6.61 Å². The highest BCUT2D eigenvalue weighted by atomic mass is 16.3. The van der Waals surface area contributed by atoms with Crippen LogP contribution in [0, 0.1) is 12.8 Å². The molecule has 0 spiro atoms. The van der Waals surface area contributed by atoms with Gasteiger partial charge in [0, 0.05) is 18.3 Å². The molecule has 2 saturated carbocycles. The average molecular weight is 232 g/mol. The first-order valence-electron chi connectivity index (χ1n) is 6.61.